The molecule has 1 atom stereocenters. The summed E-state index contributed by atoms with van der Waals surface area (Å²) in [6.45, 7) is 11.2. The molecule has 0 aliphatic carbocycles. The van der Waals surface area contributed by atoms with E-state index in [-0.39, 0.29) is 5.91 Å². The fraction of sp³-hybridized carbons (Fsp3) is 0.385. The fourth-order valence-electron chi connectivity index (χ4n) is 4.24. The number of hydrogen-bond donors (Lipinski definition) is 2. The lowest BCUT2D eigenvalue weighted by molar-refractivity contribution is -0.125. The van der Waals surface area contributed by atoms with Gasteiger partial charge < -0.3 is 9.84 Å². The highest BCUT2D eigenvalue weighted by molar-refractivity contribution is 6.03. The largest absolute Gasteiger partial charge is 0.338 e. The summed E-state index contributed by atoms with van der Waals surface area (Å²) in [7, 11) is 0. The minimum absolute atomic E-state index is 0.319. The maximum atomic E-state index is 12.7. The van der Waals surface area contributed by atoms with Crippen molar-refractivity contribution in [3.63, 3.8) is 0 Å². The maximum Gasteiger partial charge on any atom is 0.325 e. The number of anilines is 1. The molecule has 9 heteroatoms. The van der Waals surface area contributed by atoms with Gasteiger partial charge in [0.25, 0.3) is 0 Å². The van der Waals surface area contributed by atoms with Crippen LogP contribution in [-0.2, 0) is 11.3 Å². The summed E-state index contributed by atoms with van der Waals surface area (Å²) in [5, 5.41) is 9.35. The van der Waals surface area contributed by atoms with Crippen molar-refractivity contribution in [1.29, 1.82) is 0 Å². The van der Waals surface area contributed by atoms with Gasteiger partial charge in [-0.05, 0) is 44.9 Å². The van der Waals surface area contributed by atoms with Crippen molar-refractivity contribution < 1.29 is 14.1 Å². The van der Waals surface area contributed by atoms with Crippen molar-refractivity contribution in [2.75, 3.05) is 31.5 Å². The van der Waals surface area contributed by atoms with Gasteiger partial charge in [-0.15, -0.1) is 0 Å². The van der Waals surface area contributed by atoms with Gasteiger partial charge in [-0.1, -0.05) is 47.1 Å². The molecule has 9 nitrogen and oxygen atoms in total. The lowest BCUT2D eigenvalue weighted by atomic mass is 10.1. The van der Waals surface area contributed by atoms with Gasteiger partial charge >= 0.3 is 6.03 Å². The maximum absolute atomic E-state index is 12.7. The molecule has 1 fully saturated rings. The number of nitrogens with zero attached hydrogens (tertiary/aromatic N) is 4. The second-order valence-electron chi connectivity index (χ2n) is 9.08. The Balaban J connectivity index is 1.25. The first-order valence-electron chi connectivity index (χ1n) is 11.8. The molecule has 1 aliphatic heterocycles. The van der Waals surface area contributed by atoms with Gasteiger partial charge in [-0.2, -0.15) is 4.98 Å². The summed E-state index contributed by atoms with van der Waals surface area (Å²) in [6, 6.07) is 12.8. The molecule has 1 aromatic heterocycles. The number of carbonyl (C=O) groups excluding carboxylic acids is 2. The minimum Gasteiger partial charge on any atom is -0.338 e. The molecule has 0 saturated carbocycles. The van der Waals surface area contributed by atoms with Gasteiger partial charge in [0.2, 0.25) is 17.6 Å². The van der Waals surface area contributed by atoms with Crippen LogP contribution in [0.3, 0.4) is 0 Å². The number of benzene rings is 2. The molecule has 184 valence electrons. The molecule has 1 aliphatic rings. The molecule has 3 aromatic rings. The van der Waals surface area contributed by atoms with E-state index in [1.807, 2.05) is 70.2 Å². The molecule has 1 saturated heterocycles. The lowest BCUT2D eigenvalue weighted by Gasteiger charge is -2.36. The zero-order valence-corrected chi connectivity index (χ0v) is 20.7. The van der Waals surface area contributed by atoms with E-state index in [1.54, 1.807) is 0 Å². The Morgan fingerprint density at radius 2 is 1.77 bits per heavy atom. The first kappa shape index (κ1) is 24.6. The van der Waals surface area contributed by atoms with Crippen LogP contribution in [0, 0.1) is 20.8 Å². The number of rotatable bonds is 6. The molecule has 0 bridgehead atoms. The van der Waals surface area contributed by atoms with Crippen LogP contribution in [0.5, 0.6) is 0 Å². The third-order valence-electron chi connectivity index (χ3n) is 6.41. The molecule has 35 heavy (non-hydrogen) atoms. The van der Waals surface area contributed by atoms with Crippen LogP contribution in [0.25, 0.3) is 11.4 Å². The van der Waals surface area contributed by atoms with Crippen molar-refractivity contribution in [3.8, 4) is 11.4 Å². The van der Waals surface area contributed by atoms with Crippen molar-refractivity contribution in [2.45, 2.75) is 40.3 Å². The molecular formula is C26H32N6O3. The molecule has 0 spiro atoms. The van der Waals surface area contributed by atoms with Gasteiger partial charge in [0, 0.05) is 37.4 Å². The number of carbonyl (C=O) groups is 2. The minimum atomic E-state index is -0.520. The number of aromatic nitrogens is 2. The molecule has 1 unspecified atom stereocenters. The molecular weight excluding hydrogens is 444 g/mol. The Bertz CT molecular complexity index is 1200. The lowest BCUT2D eigenvalue weighted by Crippen LogP contribution is -2.54. The van der Waals surface area contributed by atoms with E-state index in [0.717, 1.165) is 35.3 Å². The average Bonchev–Trinajstić information content (AvgIpc) is 3.29. The van der Waals surface area contributed by atoms with Gasteiger partial charge in [-0.3, -0.25) is 19.9 Å². The summed E-state index contributed by atoms with van der Waals surface area (Å²) >= 11 is 0. The summed E-state index contributed by atoms with van der Waals surface area (Å²) in [4.78, 5) is 33.8. The summed E-state index contributed by atoms with van der Waals surface area (Å²) in [5.74, 6) is 0.854. The van der Waals surface area contributed by atoms with E-state index in [1.165, 1.54) is 0 Å². The molecule has 2 aromatic carbocycles. The van der Waals surface area contributed by atoms with Gasteiger partial charge in [0.1, 0.15) is 0 Å². The highest BCUT2D eigenvalue weighted by atomic mass is 16.5. The van der Waals surface area contributed by atoms with Crippen LogP contribution in [0.4, 0.5) is 10.5 Å². The number of nitrogens with one attached hydrogen (secondary N) is 2. The zero-order valence-electron chi connectivity index (χ0n) is 20.7. The van der Waals surface area contributed by atoms with E-state index in [0.29, 0.717) is 37.0 Å². The number of amides is 3. The van der Waals surface area contributed by atoms with Crippen molar-refractivity contribution in [2.24, 2.45) is 0 Å². The highest BCUT2D eigenvalue weighted by Gasteiger charge is 2.27. The Morgan fingerprint density at radius 1 is 1.03 bits per heavy atom. The van der Waals surface area contributed by atoms with E-state index in [4.69, 9.17) is 4.52 Å². The Kier molecular flexibility index (Phi) is 7.57. The number of aryl methyl sites for hydroxylation is 3. The van der Waals surface area contributed by atoms with Crippen LogP contribution in [0.15, 0.2) is 47.0 Å². The fourth-order valence-corrected chi connectivity index (χ4v) is 4.24. The summed E-state index contributed by atoms with van der Waals surface area (Å²) < 4.78 is 5.47. The van der Waals surface area contributed by atoms with Crippen LogP contribution < -0.4 is 10.6 Å². The smallest absolute Gasteiger partial charge is 0.325 e. The van der Waals surface area contributed by atoms with E-state index in [2.05, 4.69) is 30.6 Å². The quantitative estimate of drug-likeness (QED) is 0.561. The summed E-state index contributed by atoms with van der Waals surface area (Å²) in [5.41, 5.74) is 4.82. The van der Waals surface area contributed by atoms with E-state index < -0.39 is 12.1 Å². The predicted octanol–water partition coefficient (Wildman–Crippen LogP) is 3.52. The third kappa shape index (κ3) is 6.12. The normalized spacial score (nSPS) is 15.5. The number of piperazine rings is 1. The SMILES string of the molecule is Cc1ccc(NC(=O)NC(=O)C(C)N2CCN(Cc3nc(-c4ccccc4C)no3)CC2)c(C)c1. The highest BCUT2D eigenvalue weighted by Crippen LogP contribution is 2.20. The van der Waals surface area contributed by atoms with Gasteiger partial charge in [0.05, 0.1) is 12.6 Å². The number of hydrogen-bond acceptors (Lipinski definition) is 7. The average molecular weight is 477 g/mol. The molecule has 0 radical (unpaired) electrons. The topological polar surface area (TPSA) is 104 Å². The Hall–Kier alpha value is -3.56. The molecule has 3 amide bonds. The Labute approximate surface area is 205 Å². The zero-order chi connectivity index (χ0) is 24.9. The van der Waals surface area contributed by atoms with Crippen LogP contribution >= 0.6 is 0 Å². The first-order chi connectivity index (χ1) is 16.8. The van der Waals surface area contributed by atoms with Crippen molar-refractivity contribution in [1.82, 2.24) is 25.3 Å². The van der Waals surface area contributed by atoms with Gasteiger partial charge in [-0.25, -0.2) is 4.79 Å². The van der Waals surface area contributed by atoms with Crippen molar-refractivity contribution >= 4 is 17.6 Å². The van der Waals surface area contributed by atoms with Crippen molar-refractivity contribution in [3.05, 3.63) is 65.0 Å². The first-order valence-corrected chi connectivity index (χ1v) is 11.8. The third-order valence-corrected chi connectivity index (χ3v) is 6.41. The van der Waals surface area contributed by atoms with E-state index in [9.17, 15) is 9.59 Å². The van der Waals surface area contributed by atoms with Crippen LogP contribution in [0.1, 0.15) is 29.5 Å². The molecule has 2 N–H and O–H groups in total. The number of imide groups is 1. The second kappa shape index (κ2) is 10.8. The van der Waals surface area contributed by atoms with Gasteiger partial charge in [0.15, 0.2) is 0 Å². The van der Waals surface area contributed by atoms with Crippen LogP contribution in [-0.4, -0.2) is 64.1 Å². The predicted molar refractivity (Wildman–Crippen MR) is 134 cm³/mol. The standard InChI is InChI=1S/C26H32N6O3/c1-17-9-10-22(19(3)15-17)27-26(34)29-25(33)20(4)32-13-11-31(12-14-32)16-23-28-24(30-35-23)21-8-6-5-7-18(21)2/h5-10,15,20H,11-14,16H2,1-4H3,(H2,27,29,33,34). The second-order valence-corrected chi connectivity index (χ2v) is 9.08. The monoisotopic (exact) mass is 476 g/mol. The molecule has 2 heterocycles. The van der Waals surface area contributed by atoms with E-state index >= 15 is 0 Å². The number of urea groups is 1. The molecule has 4 rings (SSSR count). The van der Waals surface area contributed by atoms with Crippen LogP contribution in [0.2, 0.25) is 0 Å². The Morgan fingerprint density at radius 3 is 2.49 bits per heavy atom. The summed E-state index contributed by atoms with van der Waals surface area (Å²) in [6.07, 6.45) is 0.